The molecular weight excluding hydrogens is 424 g/mol. The Kier molecular flexibility index (Phi) is 5.62. The maximum atomic E-state index is 13.8. The molecule has 6 nitrogen and oxygen atoms in total. The highest BCUT2D eigenvalue weighted by molar-refractivity contribution is 6.34. The number of furan rings is 1. The van der Waals surface area contributed by atoms with Crippen LogP contribution < -0.4 is 14.8 Å². The van der Waals surface area contributed by atoms with Gasteiger partial charge in [0.15, 0.2) is 12.6 Å². The Bertz CT molecular complexity index is 1050. The molecule has 4 rings (SSSR count). The molecule has 0 unspecified atom stereocenters. The normalized spacial score (nSPS) is 12.8. The molecule has 0 fully saturated rings. The van der Waals surface area contributed by atoms with Gasteiger partial charge in [0.05, 0.1) is 6.61 Å². The van der Waals surface area contributed by atoms with Crippen LogP contribution in [-0.4, -0.2) is 12.7 Å². The van der Waals surface area contributed by atoms with E-state index in [-0.39, 0.29) is 31.7 Å². The monoisotopic (exact) mass is 437 g/mol. The van der Waals surface area contributed by atoms with Crippen LogP contribution in [0.1, 0.15) is 21.7 Å². The van der Waals surface area contributed by atoms with Gasteiger partial charge < -0.3 is 23.9 Å². The van der Waals surface area contributed by atoms with Crippen LogP contribution in [-0.2, 0) is 17.9 Å². The number of halogens is 3. The van der Waals surface area contributed by atoms with Crippen LogP contribution in [0.5, 0.6) is 17.4 Å². The molecule has 3 aromatic rings. The zero-order chi connectivity index (χ0) is 20.4. The van der Waals surface area contributed by atoms with E-state index in [4.69, 9.17) is 41.8 Å². The largest absolute Gasteiger partial charge is 0.467 e. The molecule has 0 radical (unpaired) electrons. The Morgan fingerprint density at radius 2 is 1.93 bits per heavy atom. The van der Waals surface area contributed by atoms with E-state index in [2.05, 4.69) is 5.32 Å². The second-order valence-corrected chi connectivity index (χ2v) is 7.05. The minimum atomic E-state index is -0.492. The summed E-state index contributed by atoms with van der Waals surface area (Å²) in [5, 5.41) is 3.48. The van der Waals surface area contributed by atoms with Gasteiger partial charge in [-0.25, -0.2) is 4.39 Å². The van der Waals surface area contributed by atoms with Crippen molar-refractivity contribution < 1.29 is 27.8 Å². The van der Waals surface area contributed by atoms with Gasteiger partial charge >= 0.3 is 0 Å². The summed E-state index contributed by atoms with van der Waals surface area (Å²) in [5.41, 5.74) is 1.10. The molecule has 0 aliphatic carbocycles. The fraction of sp³-hybridized carbons (Fsp3) is 0.150. The minimum Gasteiger partial charge on any atom is -0.467 e. The van der Waals surface area contributed by atoms with Crippen molar-refractivity contribution in [2.24, 2.45) is 0 Å². The molecule has 1 N–H and O–H groups in total. The van der Waals surface area contributed by atoms with Crippen LogP contribution in [0.3, 0.4) is 0 Å². The Balaban J connectivity index is 1.43. The summed E-state index contributed by atoms with van der Waals surface area (Å²) in [7, 11) is 0. The smallest absolute Gasteiger partial charge is 0.290 e. The van der Waals surface area contributed by atoms with Crippen LogP contribution in [0, 0.1) is 5.82 Å². The number of carbonyl (C=O) groups excluding carboxylic acids is 1. The summed E-state index contributed by atoms with van der Waals surface area (Å²) in [5.74, 6) is 0.0820. The molecule has 29 heavy (non-hydrogen) atoms. The lowest BCUT2D eigenvalue weighted by Crippen LogP contribution is -2.24. The topological polar surface area (TPSA) is 69.9 Å². The first-order valence-electron chi connectivity index (χ1n) is 8.52. The van der Waals surface area contributed by atoms with Crippen LogP contribution in [0.15, 0.2) is 46.9 Å². The molecule has 0 bridgehead atoms. The molecule has 0 saturated carbocycles. The number of carbonyl (C=O) groups is 1. The van der Waals surface area contributed by atoms with E-state index in [0.717, 1.165) is 0 Å². The molecule has 1 aliphatic rings. The molecule has 0 spiro atoms. The number of fused-ring (bicyclic) bond motifs is 1. The van der Waals surface area contributed by atoms with Crippen molar-refractivity contribution in [3.8, 4) is 17.4 Å². The van der Waals surface area contributed by atoms with Gasteiger partial charge in [-0.1, -0.05) is 23.2 Å². The Morgan fingerprint density at radius 1 is 1.14 bits per heavy atom. The number of hydrogen-bond donors (Lipinski definition) is 1. The predicted octanol–water partition coefficient (Wildman–Crippen LogP) is 5.31. The molecule has 0 saturated heterocycles. The van der Waals surface area contributed by atoms with Gasteiger partial charge in [-0.2, -0.15) is 0 Å². The third-order valence-corrected chi connectivity index (χ3v) is 4.49. The van der Waals surface area contributed by atoms with Gasteiger partial charge in [0, 0.05) is 33.8 Å². The number of benzene rings is 2. The van der Waals surface area contributed by atoms with Crippen LogP contribution in [0.2, 0.25) is 10.0 Å². The first-order valence-corrected chi connectivity index (χ1v) is 9.27. The fourth-order valence-electron chi connectivity index (χ4n) is 2.85. The van der Waals surface area contributed by atoms with Gasteiger partial charge in [-0.15, -0.1) is 0 Å². The second kappa shape index (κ2) is 8.32. The van der Waals surface area contributed by atoms with E-state index < -0.39 is 11.7 Å². The Labute approximate surface area is 175 Å². The highest BCUT2D eigenvalue weighted by Crippen LogP contribution is 2.31. The minimum absolute atomic E-state index is 0.0302. The van der Waals surface area contributed by atoms with E-state index in [1.54, 1.807) is 18.2 Å². The molecule has 2 aromatic carbocycles. The van der Waals surface area contributed by atoms with Gasteiger partial charge in [-0.05, 0) is 36.4 Å². The Hall–Kier alpha value is -2.74. The number of nitrogens with one attached hydrogen (secondary N) is 1. The van der Waals surface area contributed by atoms with Gasteiger partial charge in [0.25, 0.3) is 11.9 Å². The summed E-state index contributed by atoms with van der Waals surface area (Å²) in [4.78, 5) is 12.4. The van der Waals surface area contributed by atoms with E-state index >= 15 is 0 Å². The van der Waals surface area contributed by atoms with Crippen LogP contribution >= 0.6 is 23.2 Å². The van der Waals surface area contributed by atoms with E-state index in [1.165, 1.54) is 24.3 Å². The van der Waals surface area contributed by atoms with E-state index in [0.29, 0.717) is 32.7 Å². The lowest BCUT2D eigenvalue weighted by Gasteiger charge is -2.20. The van der Waals surface area contributed by atoms with Crippen molar-refractivity contribution in [3.05, 3.63) is 75.2 Å². The summed E-state index contributed by atoms with van der Waals surface area (Å²) in [6.07, 6.45) is 0. The molecule has 9 heteroatoms. The zero-order valence-electron chi connectivity index (χ0n) is 14.8. The molecule has 1 aromatic heterocycles. The summed E-state index contributed by atoms with van der Waals surface area (Å²) in [6, 6.07) is 10.3. The van der Waals surface area contributed by atoms with Crippen molar-refractivity contribution in [1.29, 1.82) is 0 Å². The average molecular weight is 438 g/mol. The zero-order valence-corrected chi connectivity index (χ0v) is 16.3. The lowest BCUT2D eigenvalue weighted by atomic mass is 10.1. The molecule has 1 aliphatic heterocycles. The maximum absolute atomic E-state index is 13.8. The van der Waals surface area contributed by atoms with Gasteiger partial charge in [0.2, 0.25) is 0 Å². The standard InChI is InChI=1S/C20H14Cl2FNO5/c21-13-5-14(22)7-16(6-13)28-18-2-1-17(29-18)20(25)24-8-11-3-15(23)4-12-9-26-10-27-19(11)12/h1-7H,8-10H2,(H,24,25). The SMILES string of the molecule is O=C(NCc1cc(F)cc2c1OCOC2)c1ccc(Oc2cc(Cl)cc(Cl)c2)o1. The lowest BCUT2D eigenvalue weighted by molar-refractivity contribution is -0.0173. The summed E-state index contributed by atoms with van der Waals surface area (Å²) >= 11 is 11.9. The molecular formula is C20H14Cl2FNO5. The van der Waals surface area contributed by atoms with Crippen LogP contribution in [0.25, 0.3) is 0 Å². The van der Waals surface area contributed by atoms with Crippen molar-refractivity contribution in [2.45, 2.75) is 13.2 Å². The second-order valence-electron chi connectivity index (χ2n) is 6.17. The third kappa shape index (κ3) is 4.64. The van der Waals surface area contributed by atoms with Crippen molar-refractivity contribution in [3.63, 3.8) is 0 Å². The van der Waals surface area contributed by atoms with Crippen molar-refractivity contribution in [1.82, 2.24) is 5.32 Å². The number of amides is 1. The van der Waals surface area contributed by atoms with Crippen LogP contribution in [0.4, 0.5) is 4.39 Å². The first-order chi connectivity index (χ1) is 14.0. The fourth-order valence-corrected chi connectivity index (χ4v) is 3.36. The number of ether oxygens (including phenoxy) is 3. The van der Waals surface area contributed by atoms with Crippen molar-refractivity contribution >= 4 is 29.1 Å². The van der Waals surface area contributed by atoms with E-state index in [1.807, 2.05) is 0 Å². The van der Waals surface area contributed by atoms with E-state index in [9.17, 15) is 9.18 Å². The summed E-state index contributed by atoms with van der Waals surface area (Å²) < 4.78 is 35.3. The molecule has 2 heterocycles. The van der Waals surface area contributed by atoms with Crippen molar-refractivity contribution in [2.75, 3.05) is 6.79 Å². The Morgan fingerprint density at radius 3 is 2.72 bits per heavy atom. The van der Waals surface area contributed by atoms with Gasteiger partial charge in [0.1, 0.15) is 17.3 Å². The molecule has 1 amide bonds. The first kappa shape index (κ1) is 19.6. The van der Waals surface area contributed by atoms with Gasteiger partial charge in [-0.3, -0.25) is 4.79 Å². The quantitative estimate of drug-likeness (QED) is 0.585. The number of hydrogen-bond acceptors (Lipinski definition) is 5. The highest BCUT2D eigenvalue weighted by Gasteiger charge is 2.19. The maximum Gasteiger partial charge on any atom is 0.290 e. The molecule has 150 valence electrons. The number of rotatable bonds is 5. The predicted molar refractivity (Wildman–Crippen MR) is 103 cm³/mol. The summed E-state index contributed by atoms with van der Waals surface area (Å²) in [6.45, 7) is 0.381. The third-order valence-electron chi connectivity index (χ3n) is 4.05. The highest BCUT2D eigenvalue weighted by atomic mass is 35.5. The average Bonchev–Trinajstić information content (AvgIpc) is 3.13. The molecule has 0 atom stereocenters.